The highest BCUT2D eigenvalue weighted by Crippen LogP contribution is 2.21. The highest BCUT2D eigenvalue weighted by molar-refractivity contribution is 9.10. The molecule has 0 aliphatic rings. The van der Waals surface area contributed by atoms with E-state index in [0.29, 0.717) is 0 Å². The number of hydrogen-bond donors (Lipinski definition) is 1. The molecule has 2 aromatic carbocycles. The Kier molecular flexibility index (Phi) is 5.46. The van der Waals surface area contributed by atoms with Crippen LogP contribution in [0, 0.1) is 0 Å². The average molecular weight is 354 g/mol. The first-order chi connectivity index (χ1) is 9.56. The van der Waals surface area contributed by atoms with Crippen molar-refractivity contribution >= 4 is 33.2 Å². The van der Waals surface area contributed by atoms with Gasteiger partial charge in [-0.3, -0.25) is 0 Å². The maximum Gasteiger partial charge on any atom is 0.0462 e. The summed E-state index contributed by atoms with van der Waals surface area (Å²) in [6.45, 7) is 1.60. The molecule has 2 rings (SSSR count). The lowest BCUT2D eigenvalue weighted by atomic mass is 10.2. The van der Waals surface area contributed by atoms with Gasteiger partial charge in [-0.2, -0.15) is 0 Å². The summed E-state index contributed by atoms with van der Waals surface area (Å²) in [5, 5.41) is 4.20. The van der Waals surface area contributed by atoms with E-state index in [9.17, 15) is 0 Å². The standard InChI is InChI=1S/C16H18BrClN2/c1-20(2)15-7-3-12(4-8-15)10-19-11-13-5-6-14(17)9-16(13)18/h3-9,19H,10-11H2,1-2H3. The minimum atomic E-state index is 0.765. The average Bonchev–Trinajstić information content (AvgIpc) is 2.42. The number of nitrogens with zero attached hydrogens (tertiary/aromatic N) is 1. The molecule has 0 amide bonds. The molecule has 0 bridgehead atoms. The molecule has 0 unspecified atom stereocenters. The molecule has 0 fully saturated rings. The van der Waals surface area contributed by atoms with E-state index in [1.165, 1.54) is 11.3 Å². The Balaban J connectivity index is 1.89. The Labute approximate surface area is 133 Å². The molecular weight excluding hydrogens is 336 g/mol. The molecule has 106 valence electrons. The molecule has 2 aromatic rings. The van der Waals surface area contributed by atoms with Crippen molar-refractivity contribution in [3.05, 3.63) is 63.1 Å². The van der Waals surface area contributed by atoms with E-state index in [2.05, 4.69) is 50.4 Å². The van der Waals surface area contributed by atoms with Crippen LogP contribution < -0.4 is 10.2 Å². The van der Waals surface area contributed by atoms with E-state index in [0.717, 1.165) is 28.1 Å². The van der Waals surface area contributed by atoms with Crippen LogP contribution >= 0.6 is 27.5 Å². The summed E-state index contributed by atoms with van der Waals surface area (Å²) in [6, 6.07) is 14.5. The van der Waals surface area contributed by atoms with Crippen LogP contribution in [0.4, 0.5) is 5.69 Å². The first-order valence-electron chi connectivity index (χ1n) is 6.47. The molecule has 4 heteroatoms. The molecule has 0 spiro atoms. The second kappa shape index (κ2) is 7.11. The molecule has 0 aliphatic carbocycles. The maximum atomic E-state index is 6.19. The summed E-state index contributed by atoms with van der Waals surface area (Å²) in [5.74, 6) is 0. The second-order valence-electron chi connectivity index (χ2n) is 4.90. The summed E-state index contributed by atoms with van der Waals surface area (Å²) in [4.78, 5) is 2.10. The van der Waals surface area contributed by atoms with Crippen molar-refractivity contribution in [2.24, 2.45) is 0 Å². The van der Waals surface area contributed by atoms with Crippen molar-refractivity contribution in [2.75, 3.05) is 19.0 Å². The van der Waals surface area contributed by atoms with Gasteiger partial charge in [0.2, 0.25) is 0 Å². The normalized spacial score (nSPS) is 10.6. The summed E-state index contributed by atoms with van der Waals surface area (Å²) >= 11 is 9.60. The zero-order valence-electron chi connectivity index (χ0n) is 11.7. The van der Waals surface area contributed by atoms with Crippen LogP contribution in [-0.2, 0) is 13.1 Å². The summed E-state index contributed by atoms with van der Waals surface area (Å²) < 4.78 is 1.01. The fourth-order valence-electron chi connectivity index (χ4n) is 1.92. The molecule has 0 radical (unpaired) electrons. The van der Waals surface area contributed by atoms with Gasteiger partial charge in [-0.15, -0.1) is 0 Å². The highest BCUT2D eigenvalue weighted by atomic mass is 79.9. The van der Waals surface area contributed by atoms with Crippen LogP contribution in [0.2, 0.25) is 5.02 Å². The van der Waals surface area contributed by atoms with Crippen molar-refractivity contribution in [3.8, 4) is 0 Å². The molecule has 1 N–H and O–H groups in total. The summed E-state index contributed by atoms with van der Waals surface area (Å²) in [5.41, 5.74) is 3.59. The van der Waals surface area contributed by atoms with E-state index in [1.54, 1.807) is 0 Å². The Morgan fingerprint density at radius 3 is 2.35 bits per heavy atom. The molecule has 0 saturated heterocycles. The predicted octanol–water partition coefficient (Wildman–Crippen LogP) is 4.46. The predicted molar refractivity (Wildman–Crippen MR) is 90.5 cm³/mol. The van der Waals surface area contributed by atoms with Crippen LogP contribution in [0.3, 0.4) is 0 Å². The largest absolute Gasteiger partial charge is 0.378 e. The lowest BCUT2D eigenvalue weighted by molar-refractivity contribution is 0.693. The Morgan fingerprint density at radius 2 is 1.75 bits per heavy atom. The number of rotatable bonds is 5. The van der Waals surface area contributed by atoms with Crippen molar-refractivity contribution < 1.29 is 0 Å². The van der Waals surface area contributed by atoms with Crippen molar-refractivity contribution in [2.45, 2.75) is 13.1 Å². The number of halogens is 2. The van der Waals surface area contributed by atoms with Gasteiger partial charge in [0.15, 0.2) is 0 Å². The van der Waals surface area contributed by atoms with Crippen LogP contribution in [-0.4, -0.2) is 14.1 Å². The third kappa shape index (κ3) is 4.23. The zero-order chi connectivity index (χ0) is 14.5. The fourth-order valence-corrected chi connectivity index (χ4v) is 2.66. The molecule has 0 aromatic heterocycles. The Hall–Kier alpha value is -1.03. The van der Waals surface area contributed by atoms with Crippen LogP contribution in [0.1, 0.15) is 11.1 Å². The van der Waals surface area contributed by atoms with Gasteiger partial charge in [0.25, 0.3) is 0 Å². The number of benzene rings is 2. The van der Waals surface area contributed by atoms with Gasteiger partial charge in [0.1, 0.15) is 0 Å². The van der Waals surface area contributed by atoms with E-state index in [1.807, 2.05) is 32.3 Å². The molecule has 0 heterocycles. The monoisotopic (exact) mass is 352 g/mol. The number of nitrogens with one attached hydrogen (secondary N) is 1. The summed E-state index contributed by atoms with van der Waals surface area (Å²) in [6.07, 6.45) is 0. The quantitative estimate of drug-likeness (QED) is 0.854. The molecular formula is C16H18BrClN2. The zero-order valence-corrected chi connectivity index (χ0v) is 14.0. The third-order valence-corrected chi connectivity index (χ3v) is 3.96. The van der Waals surface area contributed by atoms with E-state index in [-0.39, 0.29) is 0 Å². The molecule has 20 heavy (non-hydrogen) atoms. The number of anilines is 1. The first kappa shape index (κ1) is 15.4. The SMILES string of the molecule is CN(C)c1ccc(CNCc2ccc(Br)cc2Cl)cc1. The number of hydrogen-bond acceptors (Lipinski definition) is 2. The summed E-state index contributed by atoms with van der Waals surface area (Å²) in [7, 11) is 4.09. The highest BCUT2D eigenvalue weighted by Gasteiger charge is 2.01. The fraction of sp³-hybridized carbons (Fsp3) is 0.250. The van der Waals surface area contributed by atoms with Crippen molar-refractivity contribution in [1.29, 1.82) is 0 Å². The molecule has 2 nitrogen and oxygen atoms in total. The lowest BCUT2D eigenvalue weighted by Gasteiger charge is -2.13. The van der Waals surface area contributed by atoms with Gasteiger partial charge >= 0.3 is 0 Å². The first-order valence-corrected chi connectivity index (χ1v) is 7.64. The maximum absolute atomic E-state index is 6.19. The minimum absolute atomic E-state index is 0.765. The van der Waals surface area contributed by atoms with Crippen LogP contribution in [0.25, 0.3) is 0 Å². The van der Waals surface area contributed by atoms with Gasteiger partial charge in [-0.05, 0) is 35.4 Å². The topological polar surface area (TPSA) is 15.3 Å². The van der Waals surface area contributed by atoms with Gasteiger partial charge in [0, 0.05) is 42.4 Å². The Morgan fingerprint density at radius 1 is 1.05 bits per heavy atom. The van der Waals surface area contributed by atoms with Gasteiger partial charge < -0.3 is 10.2 Å². The molecule has 0 aliphatic heterocycles. The van der Waals surface area contributed by atoms with E-state index >= 15 is 0 Å². The second-order valence-corrected chi connectivity index (χ2v) is 6.22. The van der Waals surface area contributed by atoms with Crippen LogP contribution in [0.5, 0.6) is 0 Å². The van der Waals surface area contributed by atoms with Gasteiger partial charge in [-0.25, -0.2) is 0 Å². The van der Waals surface area contributed by atoms with Gasteiger partial charge in [-0.1, -0.05) is 45.7 Å². The van der Waals surface area contributed by atoms with Gasteiger partial charge in [0.05, 0.1) is 0 Å². The van der Waals surface area contributed by atoms with Crippen molar-refractivity contribution in [1.82, 2.24) is 5.32 Å². The van der Waals surface area contributed by atoms with E-state index < -0.39 is 0 Å². The van der Waals surface area contributed by atoms with Crippen molar-refractivity contribution in [3.63, 3.8) is 0 Å². The molecule has 0 saturated carbocycles. The smallest absolute Gasteiger partial charge is 0.0462 e. The van der Waals surface area contributed by atoms with Crippen LogP contribution in [0.15, 0.2) is 46.9 Å². The lowest BCUT2D eigenvalue weighted by Crippen LogP contribution is -2.13. The minimum Gasteiger partial charge on any atom is -0.378 e. The molecule has 0 atom stereocenters. The third-order valence-electron chi connectivity index (χ3n) is 3.11. The Bertz CT molecular complexity index is 567. The van der Waals surface area contributed by atoms with E-state index in [4.69, 9.17) is 11.6 Å².